The normalized spacial score (nSPS) is 10.6. The van der Waals surface area contributed by atoms with Crippen molar-refractivity contribution >= 4 is 5.97 Å². The van der Waals surface area contributed by atoms with Crippen LogP contribution in [0.2, 0.25) is 0 Å². The fourth-order valence-electron chi connectivity index (χ4n) is 2.53. The number of carboxylic acid groups (broad SMARTS) is 1. The molecule has 114 valence electrons. The summed E-state index contributed by atoms with van der Waals surface area (Å²) in [6.07, 6.45) is 1.78. The van der Waals surface area contributed by atoms with Gasteiger partial charge in [-0.05, 0) is 30.5 Å². The van der Waals surface area contributed by atoms with Crippen molar-refractivity contribution in [1.29, 1.82) is 5.26 Å². The first kappa shape index (κ1) is 15.7. The Morgan fingerprint density at radius 1 is 1.32 bits per heavy atom. The molecular formula is C16H18N4O2. The van der Waals surface area contributed by atoms with Gasteiger partial charge < -0.3 is 5.11 Å². The molecule has 0 unspecified atom stereocenters. The van der Waals surface area contributed by atoms with Gasteiger partial charge >= 0.3 is 5.97 Å². The molecule has 2 aromatic rings. The summed E-state index contributed by atoms with van der Waals surface area (Å²) >= 11 is 0. The second-order valence-corrected chi connectivity index (χ2v) is 5.10. The number of aromatic nitrogens is 3. The van der Waals surface area contributed by atoms with E-state index in [1.54, 1.807) is 28.9 Å². The van der Waals surface area contributed by atoms with Gasteiger partial charge in [-0.25, -0.2) is 4.68 Å². The maximum absolute atomic E-state index is 10.7. The monoisotopic (exact) mass is 298 g/mol. The molecule has 0 saturated carbocycles. The van der Waals surface area contributed by atoms with E-state index >= 15 is 0 Å². The van der Waals surface area contributed by atoms with Crippen LogP contribution in [-0.2, 0) is 11.2 Å². The fourth-order valence-corrected chi connectivity index (χ4v) is 2.53. The lowest BCUT2D eigenvalue weighted by atomic mass is 9.97. The molecule has 1 aromatic carbocycles. The quantitative estimate of drug-likeness (QED) is 0.885. The van der Waals surface area contributed by atoms with E-state index in [9.17, 15) is 10.1 Å². The molecule has 0 bridgehead atoms. The molecular weight excluding hydrogens is 280 g/mol. The first-order valence-electron chi connectivity index (χ1n) is 7.27. The Labute approximate surface area is 129 Å². The number of carboxylic acids is 1. The minimum atomic E-state index is -0.863. The van der Waals surface area contributed by atoms with Gasteiger partial charge in [0.1, 0.15) is 6.07 Å². The van der Waals surface area contributed by atoms with Crippen LogP contribution >= 0.6 is 0 Å². The Kier molecular flexibility index (Phi) is 4.89. The summed E-state index contributed by atoms with van der Waals surface area (Å²) in [5.41, 5.74) is 2.67. The molecule has 0 aliphatic heterocycles. The van der Waals surface area contributed by atoms with Crippen molar-refractivity contribution in [1.82, 2.24) is 15.0 Å². The second kappa shape index (κ2) is 6.85. The van der Waals surface area contributed by atoms with Gasteiger partial charge in [0, 0.05) is 5.92 Å². The van der Waals surface area contributed by atoms with E-state index < -0.39 is 5.97 Å². The minimum absolute atomic E-state index is 0.0134. The van der Waals surface area contributed by atoms with Gasteiger partial charge in [0.15, 0.2) is 5.69 Å². The smallest absolute Gasteiger partial charge is 0.307 e. The SMILES string of the molecule is CCC(CC)c1c(C#N)nnn1-c1ccc(CC(=O)O)cc1. The van der Waals surface area contributed by atoms with E-state index in [2.05, 4.69) is 30.2 Å². The molecule has 6 nitrogen and oxygen atoms in total. The van der Waals surface area contributed by atoms with Crippen molar-refractivity contribution < 1.29 is 9.90 Å². The first-order valence-corrected chi connectivity index (χ1v) is 7.27. The number of rotatable bonds is 6. The van der Waals surface area contributed by atoms with E-state index in [0.717, 1.165) is 29.8 Å². The van der Waals surface area contributed by atoms with Crippen LogP contribution in [0.25, 0.3) is 5.69 Å². The van der Waals surface area contributed by atoms with Gasteiger partial charge in [0.2, 0.25) is 0 Å². The van der Waals surface area contributed by atoms with E-state index in [1.165, 1.54) is 0 Å². The number of hydrogen-bond donors (Lipinski definition) is 1. The van der Waals surface area contributed by atoms with Crippen LogP contribution in [-0.4, -0.2) is 26.1 Å². The summed E-state index contributed by atoms with van der Waals surface area (Å²) in [5, 5.41) is 26.1. The topological polar surface area (TPSA) is 91.8 Å². The summed E-state index contributed by atoms with van der Waals surface area (Å²) in [5.74, 6) is -0.652. The van der Waals surface area contributed by atoms with Crippen LogP contribution in [0.3, 0.4) is 0 Å². The van der Waals surface area contributed by atoms with Crippen LogP contribution in [0.5, 0.6) is 0 Å². The molecule has 1 aromatic heterocycles. The summed E-state index contributed by atoms with van der Waals surface area (Å²) < 4.78 is 1.68. The number of nitriles is 1. The van der Waals surface area contributed by atoms with Crippen molar-refractivity contribution in [3.8, 4) is 11.8 Å². The molecule has 0 aliphatic carbocycles. The zero-order chi connectivity index (χ0) is 16.1. The number of hydrogen-bond acceptors (Lipinski definition) is 4. The molecule has 1 N–H and O–H groups in total. The summed E-state index contributed by atoms with van der Waals surface area (Å²) in [7, 11) is 0. The van der Waals surface area contributed by atoms with Gasteiger partial charge in [0.05, 0.1) is 17.8 Å². The predicted octanol–water partition coefficient (Wildman–Crippen LogP) is 2.67. The predicted molar refractivity (Wildman–Crippen MR) is 80.7 cm³/mol. The highest BCUT2D eigenvalue weighted by atomic mass is 16.4. The Bertz CT molecular complexity index is 694. The molecule has 6 heteroatoms. The average Bonchev–Trinajstić information content (AvgIpc) is 2.93. The van der Waals surface area contributed by atoms with E-state index in [0.29, 0.717) is 5.69 Å². The van der Waals surface area contributed by atoms with Crippen molar-refractivity contribution in [2.45, 2.75) is 39.0 Å². The zero-order valence-electron chi connectivity index (χ0n) is 12.7. The highest BCUT2D eigenvalue weighted by Gasteiger charge is 2.21. The van der Waals surface area contributed by atoms with Crippen LogP contribution < -0.4 is 0 Å². The van der Waals surface area contributed by atoms with Crippen molar-refractivity contribution in [3.63, 3.8) is 0 Å². The molecule has 0 aliphatic rings. The molecule has 0 amide bonds. The maximum Gasteiger partial charge on any atom is 0.307 e. The highest BCUT2D eigenvalue weighted by Crippen LogP contribution is 2.27. The van der Waals surface area contributed by atoms with Crippen LogP contribution in [0, 0.1) is 11.3 Å². The fraction of sp³-hybridized carbons (Fsp3) is 0.375. The van der Waals surface area contributed by atoms with E-state index in [1.807, 2.05) is 0 Å². The molecule has 2 rings (SSSR count). The Morgan fingerprint density at radius 3 is 2.45 bits per heavy atom. The van der Waals surface area contributed by atoms with Crippen molar-refractivity contribution in [2.24, 2.45) is 0 Å². The van der Waals surface area contributed by atoms with Gasteiger partial charge in [-0.3, -0.25) is 4.79 Å². The summed E-state index contributed by atoms with van der Waals surface area (Å²) in [6, 6.07) is 9.23. The number of nitrogens with zero attached hydrogens (tertiary/aromatic N) is 4. The Morgan fingerprint density at radius 2 is 1.95 bits per heavy atom. The second-order valence-electron chi connectivity index (χ2n) is 5.10. The molecule has 0 radical (unpaired) electrons. The molecule has 0 saturated heterocycles. The lowest BCUT2D eigenvalue weighted by molar-refractivity contribution is -0.136. The van der Waals surface area contributed by atoms with E-state index in [4.69, 9.17) is 5.11 Å². The molecule has 0 fully saturated rings. The summed E-state index contributed by atoms with van der Waals surface area (Å²) in [6.45, 7) is 4.14. The van der Waals surface area contributed by atoms with Crippen LogP contribution in [0.15, 0.2) is 24.3 Å². The van der Waals surface area contributed by atoms with Crippen molar-refractivity contribution in [3.05, 3.63) is 41.2 Å². The third-order valence-electron chi connectivity index (χ3n) is 3.72. The highest BCUT2D eigenvalue weighted by molar-refractivity contribution is 5.70. The van der Waals surface area contributed by atoms with Gasteiger partial charge in [0.25, 0.3) is 0 Å². The Hall–Kier alpha value is -2.68. The number of aliphatic carboxylic acids is 1. The lowest BCUT2D eigenvalue weighted by Crippen LogP contribution is -2.08. The van der Waals surface area contributed by atoms with Crippen molar-refractivity contribution in [2.75, 3.05) is 0 Å². The van der Waals surface area contributed by atoms with E-state index in [-0.39, 0.29) is 12.3 Å². The zero-order valence-corrected chi connectivity index (χ0v) is 12.7. The van der Waals surface area contributed by atoms with Gasteiger partial charge in [-0.1, -0.05) is 31.2 Å². The molecule has 0 atom stereocenters. The molecule has 1 heterocycles. The largest absolute Gasteiger partial charge is 0.481 e. The third-order valence-corrected chi connectivity index (χ3v) is 3.72. The standard InChI is InChI=1S/C16H18N4O2/c1-3-12(4-2)16-14(10-17)18-19-20(16)13-7-5-11(6-8-13)9-15(21)22/h5-8,12H,3-4,9H2,1-2H3,(H,21,22). The Balaban J connectivity index is 2.42. The third kappa shape index (κ3) is 3.14. The minimum Gasteiger partial charge on any atom is -0.481 e. The average molecular weight is 298 g/mol. The summed E-state index contributed by atoms with van der Waals surface area (Å²) in [4.78, 5) is 10.7. The van der Waals surface area contributed by atoms with Crippen LogP contribution in [0.4, 0.5) is 0 Å². The lowest BCUT2D eigenvalue weighted by Gasteiger charge is -2.14. The first-order chi connectivity index (χ1) is 10.6. The molecule has 22 heavy (non-hydrogen) atoms. The number of benzene rings is 1. The van der Waals surface area contributed by atoms with Gasteiger partial charge in [-0.15, -0.1) is 5.10 Å². The number of carbonyl (C=O) groups is 1. The molecule has 0 spiro atoms. The van der Waals surface area contributed by atoms with Gasteiger partial charge in [-0.2, -0.15) is 5.26 Å². The van der Waals surface area contributed by atoms with Crippen LogP contribution in [0.1, 0.15) is 49.6 Å². The maximum atomic E-state index is 10.7.